The molecule has 0 saturated heterocycles. The zero-order valence-electron chi connectivity index (χ0n) is 22.4. The van der Waals surface area contributed by atoms with Crippen molar-refractivity contribution in [2.24, 2.45) is 0 Å². The summed E-state index contributed by atoms with van der Waals surface area (Å²) >= 11 is 5.98. The zero-order chi connectivity index (χ0) is 28.7. The first-order valence-electron chi connectivity index (χ1n) is 12.6. The molecule has 0 fully saturated rings. The molecule has 3 aromatic rings. The summed E-state index contributed by atoms with van der Waals surface area (Å²) in [6.07, 6.45) is 0.292. The molecule has 0 aromatic heterocycles. The summed E-state index contributed by atoms with van der Waals surface area (Å²) in [5.74, 6) is -1.37. The summed E-state index contributed by atoms with van der Waals surface area (Å²) in [5, 5.41) is 3.22. The van der Waals surface area contributed by atoms with Gasteiger partial charge in [-0.2, -0.15) is 0 Å². The maximum absolute atomic E-state index is 14.0. The Labute approximate surface area is 234 Å². The van der Waals surface area contributed by atoms with E-state index in [0.29, 0.717) is 22.7 Å². The Bertz CT molecular complexity index is 1400. The number of hydrogen-bond acceptors (Lipinski definition) is 4. The molecule has 7 nitrogen and oxygen atoms in total. The van der Waals surface area contributed by atoms with Crippen molar-refractivity contribution in [2.75, 3.05) is 10.8 Å². The van der Waals surface area contributed by atoms with Gasteiger partial charge in [-0.3, -0.25) is 13.9 Å². The van der Waals surface area contributed by atoms with Gasteiger partial charge >= 0.3 is 0 Å². The number of carbonyl (C=O) groups excluding carboxylic acids is 2. The van der Waals surface area contributed by atoms with Gasteiger partial charge in [-0.25, -0.2) is 12.8 Å². The highest BCUT2D eigenvalue weighted by molar-refractivity contribution is 7.92. The second-order valence-corrected chi connectivity index (χ2v) is 11.8. The third-order valence-corrected chi connectivity index (χ3v) is 8.09. The molecule has 0 heterocycles. The Balaban J connectivity index is 2.06. The van der Waals surface area contributed by atoms with E-state index in [4.69, 9.17) is 11.6 Å². The predicted molar refractivity (Wildman–Crippen MR) is 151 cm³/mol. The first kappa shape index (κ1) is 30.1. The number of sulfonamides is 1. The van der Waals surface area contributed by atoms with Crippen molar-refractivity contribution < 1.29 is 22.4 Å². The maximum Gasteiger partial charge on any atom is 0.264 e. The lowest BCUT2D eigenvalue weighted by atomic mass is 10.1. The number of benzene rings is 3. The molecular weight excluding hydrogens is 541 g/mol. The van der Waals surface area contributed by atoms with Gasteiger partial charge in [0.1, 0.15) is 18.4 Å². The van der Waals surface area contributed by atoms with Gasteiger partial charge < -0.3 is 10.2 Å². The minimum absolute atomic E-state index is 0.00815. The number of amides is 2. The van der Waals surface area contributed by atoms with Crippen LogP contribution in [0.15, 0.2) is 77.7 Å². The molecule has 0 unspecified atom stereocenters. The summed E-state index contributed by atoms with van der Waals surface area (Å²) in [5.41, 5.74) is 1.71. The van der Waals surface area contributed by atoms with E-state index in [9.17, 15) is 22.4 Å². The van der Waals surface area contributed by atoms with Crippen molar-refractivity contribution in [1.29, 1.82) is 0 Å². The van der Waals surface area contributed by atoms with Crippen molar-refractivity contribution in [3.05, 3.63) is 94.8 Å². The lowest BCUT2D eigenvalue weighted by Gasteiger charge is -2.33. The van der Waals surface area contributed by atoms with E-state index in [1.165, 1.54) is 53.4 Å². The molecule has 3 aromatic carbocycles. The second kappa shape index (κ2) is 13.1. The van der Waals surface area contributed by atoms with Crippen LogP contribution >= 0.6 is 11.6 Å². The highest BCUT2D eigenvalue weighted by atomic mass is 35.5. The van der Waals surface area contributed by atoms with Crippen LogP contribution in [0.1, 0.15) is 38.3 Å². The molecule has 0 aliphatic heterocycles. The molecule has 2 amide bonds. The van der Waals surface area contributed by atoms with Crippen molar-refractivity contribution >= 4 is 39.1 Å². The molecule has 10 heteroatoms. The molecule has 0 spiro atoms. The van der Waals surface area contributed by atoms with E-state index in [-0.39, 0.29) is 23.4 Å². The van der Waals surface area contributed by atoms with Crippen molar-refractivity contribution in [2.45, 2.75) is 57.6 Å². The third-order valence-electron chi connectivity index (χ3n) is 6.05. The summed E-state index contributed by atoms with van der Waals surface area (Å²) in [7, 11) is -4.19. The lowest BCUT2D eigenvalue weighted by Crippen LogP contribution is -2.53. The SMILES string of the molecule is CC[C@H](C(=O)NC(C)C)N(Cc1ccc(F)cc1)C(=O)CN(c1cccc(C)c1)S(=O)(=O)c1ccc(Cl)cc1. The van der Waals surface area contributed by atoms with Crippen molar-refractivity contribution in [3.63, 3.8) is 0 Å². The van der Waals surface area contributed by atoms with Gasteiger partial charge in [0.2, 0.25) is 11.8 Å². The summed E-state index contributed by atoms with van der Waals surface area (Å²) < 4.78 is 42.2. The van der Waals surface area contributed by atoms with Crippen LogP contribution in [0.25, 0.3) is 0 Å². The largest absolute Gasteiger partial charge is 0.352 e. The molecule has 0 aliphatic carbocycles. The maximum atomic E-state index is 14.0. The quantitative estimate of drug-likeness (QED) is 0.337. The normalized spacial score (nSPS) is 12.2. The number of hydrogen-bond donors (Lipinski definition) is 1. The predicted octanol–water partition coefficient (Wildman–Crippen LogP) is 5.31. The number of carbonyl (C=O) groups is 2. The van der Waals surface area contributed by atoms with E-state index in [1.54, 1.807) is 25.1 Å². The van der Waals surface area contributed by atoms with Crippen LogP contribution in [0.5, 0.6) is 0 Å². The Hall–Kier alpha value is -3.43. The third kappa shape index (κ3) is 7.80. The molecule has 0 radical (unpaired) electrons. The Morgan fingerprint density at radius 2 is 1.64 bits per heavy atom. The van der Waals surface area contributed by atoms with E-state index < -0.39 is 34.3 Å². The molecule has 1 atom stereocenters. The molecule has 39 heavy (non-hydrogen) atoms. The fourth-order valence-electron chi connectivity index (χ4n) is 4.13. The fourth-order valence-corrected chi connectivity index (χ4v) is 5.66. The van der Waals surface area contributed by atoms with Crippen LogP contribution in [-0.4, -0.2) is 43.8 Å². The highest BCUT2D eigenvalue weighted by Gasteiger charge is 2.33. The minimum Gasteiger partial charge on any atom is -0.352 e. The topological polar surface area (TPSA) is 86.8 Å². The van der Waals surface area contributed by atoms with Gasteiger partial charge in [0.25, 0.3) is 10.0 Å². The number of halogens is 2. The summed E-state index contributed by atoms with van der Waals surface area (Å²) in [6, 6.07) is 17.1. The van der Waals surface area contributed by atoms with Gasteiger partial charge in [-0.1, -0.05) is 42.8 Å². The average molecular weight is 574 g/mol. The Morgan fingerprint density at radius 3 is 2.21 bits per heavy atom. The van der Waals surface area contributed by atoms with Gasteiger partial charge in [-0.15, -0.1) is 0 Å². The number of anilines is 1. The van der Waals surface area contributed by atoms with Crippen molar-refractivity contribution in [3.8, 4) is 0 Å². The van der Waals surface area contributed by atoms with E-state index in [2.05, 4.69) is 5.32 Å². The van der Waals surface area contributed by atoms with Gasteiger partial charge in [0, 0.05) is 17.6 Å². The molecule has 208 valence electrons. The van der Waals surface area contributed by atoms with Crippen LogP contribution in [0.2, 0.25) is 5.02 Å². The first-order valence-corrected chi connectivity index (χ1v) is 14.4. The fraction of sp³-hybridized carbons (Fsp3) is 0.310. The summed E-state index contributed by atoms with van der Waals surface area (Å²) in [4.78, 5) is 28.4. The van der Waals surface area contributed by atoms with E-state index in [0.717, 1.165) is 9.87 Å². The standard InChI is InChI=1S/C29H33ClFN3O4S/c1-5-27(29(36)32-20(2)3)33(18-22-9-13-24(31)14-10-22)28(35)19-34(25-8-6-7-21(4)17-25)39(37,38)26-15-11-23(30)12-16-26/h6-17,20,27H,5,18-19H2,1-4H3,(H,32,36)/t27-/m1/s1. The molecule has 0 bridgehead atoms. The van der Waals surface area contributed by atoms with Crippen LogP contribution < -0.4 is 9.62 Å². The highest BCUT2D eigenvalue weighted by Crippen LogP contribution is 2.26. The smallest absolute Gasteiger partial charge is 0.264 e. The van der Waals surface area contributed by atoms with Gasteiger partial charge in [0.05, 0.1) is 10.6 Å². The zero-order valence-corrected chi connectivity index (χ0v) is 24.0. The molecular formula is C29H33ClFN3O4S. The summed E-state index contributed by atoms with van der Waals surface area (Å²) in [6.45, 7) is 6.66. The average Bonchev–Trinajstić information content (AvgIpc) is 2.88. The Kier molecular flexibility index (Phi) is 10.1. The minimum atomic E-state index is -4.19. The number of nitrogens with one attached hydrogen (secondary N) is 1. The monoisotopic (exact) mass is 573 g/mol. The van der Waals surface area contributed by atoms with Crippen LogP contribution in [-0.2, 0) is 26.2 Å². The first-order chi connectivity index (χ1) is 18.4. The Morgan fingerprint density at radius 1 is 1.00 bits per heavy atom. The van der Waals surface area contributed by atoms with Crippen LogP contribution in [0.4, 0.5) is 10.1 Å². The van der Waals surface area contributed by atoms with Gasteiger partial charge in [-0.05, 0) is 86.8 Å². The number of aryl methyl sites for hydroxylation is 1. The van der Waals surface area contributed by atoms with E-state index in [1.807, 2.05) is 26.8 Å². The molecule has 1 N–H and O–H groups in total. The lowest BCUT2D eigenvalue weighted by molar-refractivity contribution is -0.140. The van der Waals surface area contributed by atoms with Gasteiger partial charge in [0.15, 0.2) is 0 Å². The number of nitrogens with zero attached hydrogens (tertiary/aromatic N) is 2. The van der Waals surface area contributed by atoms with Crippen LogP contribution in [0.3, 0.4) is 0 Å². The van der Waals surface area contributed by atoms with E-state index >= 15 is 0 Å². The van der Waals surface area contributed by atoms with Crippen molar-refractivity contribution in [1.82, 2.24) is 10.2 Å². The second-order valence-electron chi connectivity index (χ2n) is 9.54. The molecule has 0 aliphatic rings. The van der Waals surface area contributed by atoms with Crippen LogP contribution in [0, 0.1) is 12.7 Å². The molecule has 0 saturated carbocycles. The number of rotatable bonds is 11. The molecule has 3 rings (SSSR count).